The number of carbonyl (C=O) groups is 1. The van der Waals surface area contributed by atoms with Gasteiger partial charge in [-0.15, -0.1) is 0 Å². The van der Waals surface area contributed by atoms with Gasteiger partial charge in [0.1, 0.15) is 10.8 Å². The van der Waals surface area contributed by atoms with Crippen LogP contribution in [-0.2, 0) is 0 Å². The summed E-state index contributed by atoms with van der Waals surface area (Å²) in [5.41, 5.74) is 1.38. The zero-order valence-electron chi connectivity index (χ0n) is 16.5. The van der Waals surface area contributed by atoms with Crippen LogP contribution in [0.2, 0.25) is 10.0 Å². The van der Waals surface area contributed by atoms with E-state index in [0.29, 0.717) is 21.8 Å². The minimum atomic E-state index is -4.59. The second-order valence-corrected chi connectivity index (χ2v) is 9.06. The summed E-state index contributed by atoms with van der Waals surface area (Å²) in [5, 5.41) is 9.83. The maximum Gasteiger partial charge on any atom is 0.410 e. The average molecular weight is 548 g/mol. The Balaban J connectivity index is 1.71. The van der Waals surface area contributed by atoms with Gasteiger partial charge in [-0.05, 0) is 42.3 Å². The molecular formula is C21H16BrCl2F3N4O. The molecule has 5 nitrogen and oxygen atoms in total. The molecule has 0 radical (unpaired) electrons. The lowest BCUT2D eigenvalue weighted by molar-refractivity contribution is -0.173. The first-order valence-corrected chi connectivity index (χ1v) is 11.0. The van der Waals surface area contributed by atoms with Crippen LogP contribution < -0.4 is 10.6 Å². The van der Waals surface area contributed by atoms with Gasteiger partial charge in [-0.2, -0.15) is 18.3 Å². The summed E-state index contributed by atoms with van der Waals surface area (Å²) in [6.07, 6.45) is -4.89. The van der Waals surface area contributed by atoms with E-state index in [1.165, 1.54) is 0 Å². The summed E-state index contributed by atoms with van der Waals surface area (Å²) in [5.74, 6) is -0.786. The highest BCUT2D eigenvalue weighted by atomic mass is 79.9. The number of benzene rings is 2. The number of fused-ring (bicyclic) bond motifs is 1. The lowest BCUT2D eigenvalue weighted by Gasteiger charge is -2.33. The van der Waals surface area contributed by atoms with Gasteiger partial charge < -0.3 is 10.6 Å². The minimum absolute atomic E-state index is 0.0545. The van der Waals surface area contributed by atoms with Gasteiger partial charge in [0.05, 0.1) is 6.04 Å². The largest absolute Gasteiger partial charge is 0.410 e. The third-order valence-electron chi connectivity index (χ3n) is 5.30. The summed E-state index contributed by atoms with van der Waals surface area (Å²) in [6.45, 7) is 1.71. The summed E-state index contributed by atoms with van der Waals surface area (Å²) < 4.78 is 43.3. The minimum Gasteiger partial charge on any atom is -0.362 e. The molecule has 1 aliphatic rings. The Bertz CT molecular complexity index is 1180. The maximum atomic E-state index is 13.9. The Labute approximate surface area is 200 Å². The number of amides is 1. The molecule has 0 bridgehead atoms. The van der Waals surface area contributed by atoms with Crippen molar-refractivity contribution in [2.24, 2.45) is 0 Å². The van der Waals surface area contributed by atoms with Crippen molar-refractivity contribution in [3.63, 3.8) is 0 Å². The predicted molar refractivity (Wildman–Crippen MR) is 122 cm³/mol. The fourth-order valence-corrected chi connectivity index (χ4v) is 4.28. The molecular weight excluding hydrogens is 532 g/mol. The molecule has 1 aromatic heterocycles. The summed E-state index contributed by atoms with van der Waals surface area (Å²) in [7, 11) is 0. The SMILES string of the molecule is Cc1c(Cl)cccc1NC(=O)c1nn2c(c1Cl)N[C@H](c1ccc(Br)cc1)C[C@@H]2C(F)(F)F. The number of alkyl halides is 3. The topological polar surface area (TPSA) is 59.0 Å². The summed E-state index contributed by atoms with van der Waals surface area (Å²) >= 11 is 15.8. The van der Waals surface area contributed by atoms with E-state index in [1.807, 2.05) is 0 Å². The van der Waals surface area contributed by atoms with E-state index in [4.69, 9.17) is 23.2 Å². The molecule has 4 rings (SSSR count). The number of nitrogens with zero attached hydrogens (tertiary/aromatic N) is 2. The number of aromatic nitrogens is 2. The number of halogens is 6. The van der Waals surface area contributed by atoms with E-state index < -0.39 is 24.2 Å². The van der Waals surface area contributed by atoms with Crippen molar-refractivity contribution in [2.45, 2.75) is 31.6 Å². The second-order valence-electron chi connectivity index (χ2n) is 7.36. The van der Waals surface area contributed by atoms with Gasteiger partial charge in [-0.25, -0.2) is 4.68 Å². The van der Waals surface area contributed by atoms with Crippen LogP contribution >= 0.6 is 39.1 Å². The first-order chi connectivity index (χ1) is 15.1. The van der Waals surface area contributed by atoms with E-state index in [1.54, 1.807) is 49.4 Å². The number of carbonyl (C=O) groups excluding carboxylic acids is 1. The molecule has 11 heteroatoms. The standard InChI is InChI=1S/C21H16BrCl2F3N4O/c1-10-13(23)3-2-4-14(10)29-20(32)18-17(24)19-28-15(11-5-7-12(22)8-6-11)9-16(21(25,26)27)31(19)30-18/h2-8,15-16,28H,9H2,1H3,(H,29,32)/t15-,16+/m0/s1. The van der Waals surface area contributed by atoms with Gasteiger partial charge in [-0.3, -0.25) is 4.79 Å². The van der Waals surface area contributed by atoms with Crippen molar-refractivity contribution in [2.75, 3.05) is 10.6 Å². The van der Waals surface area contributed by atoms with Gasteiger partial charge in [0, 0.05) is 21.6 Å². The number of hydrogen-bond acceptors (Lipinski definition) is 3. The van der Waals surface area contributed by atoms with Crippen LogP contribution in [0.3, 0.4) is 0 Å². The van der Waals surface area contributed by atoms with Gasteiger partial charge in [-0.1, -0.05) is 57.3 Å². The van der Waals surface area contributed by atoms with Crippen LogP contribution in [0.4, 0.5) is 24.7 Å². The molecule has 2 heterocycles. The number of rotatable bonds is 3. The van der Waals surface area contributed by atoms with Gasteiger partial charge >= 0.3 is 6.18 Å². The molecule has 2 atom stereocenters. The lowest BCUT2D eigenvalue weighted by atomic mass is 9.97. The quantitative estimate of drug-likeness (QED) is 0.365. The highest BCUT2D eigenvalue weighted by Gasteiger charge is 2.47. The van der Waals surface area contributed by atoms with Crippen molar-refractivity contribution in [1.82, 2.24) is 9.78 Å². The molecule has 0 unspecified atom stereocenters. The molecule has 1 aliphatic heterocycles. The van der Waals surface area contributed by atoms with Crippen LogP contribution in [0.25, 0.3) is 0 Å². The molecule has 2 aromatic carbocycles. The van der Waals surface area contributed by atoms with Crippen LogP contribution in [0.1, 0.15) is 40.1 Å². The van der Waals surface area contributed by atoms with Crippen LogP contribution in [0, 0.1) is 6.92 Å². The zero-order valence-corrected chi connectivity index (χ0v) is 19.6. The first kappa shape index (κ1) is 22.9. The fraction of sp³-hybridized carbons (Fsp3) is 0.238. The fourth-order valence-electron chi connectivity index (χ4n) is 3.57. The van der Waals surface area contributed by atoms with Gasteiger partial charge in [0.2, 0.25) is 0 Å². The Morgan fingerprint density at radius 3 is 2.56 bits per heavy atom. The lowest BCUT2D eigenvalue weighted by Crippen LogP contribution is -2.35. The average Bonchev–Trinajstić information content (AvgIpc) is 3.07. The smallest absolute Gasteiger partial charge is 0.362 e. The molecule has 0 spiro atoms. The number of nitrogens with one attached hydrogen (secondary N) is 2. The molecule has 2 N–H and O–H groups in total. The third-order valence-corrected chi connectivity index (χ3v) is 6.60. The molecule has 32 heavy (non-hydrogen) atoms. The van der Waals surface area contributed by atoms with E-state index in [-0.39, 0.29) is 23.0 Å². The van der Waals surface area contributed by atoms with Crippen molar-refractivity contribution in [3.8, 4) is 0 Å². The van der Waals surface area contributed by atoms with Crippen molar-refractivity contribution < 1.29 is 18.0 Å². The normalized spacial score (nSPS) is 18.1. The van der Waals surface area contributed by atoms with Crippen molar-refractivity contribution in [3.05, 3.63) is 73.8 Å². The Hall–Kier alpha value is -2.23. The predicted octanol–water partition coefficient (Wildman–Crippen LogP) is 7.17. The number of hydrogen-bond donors (Lipinski definition) is 2. The second kappa shape index (κ2) is 8.61. The Morgan fingerprint density at radius 2 is 1.91 bits per heavy atom. The maximum absolute atomic E-state index is 13.9. The molecule has 168 valence electrons. The van der Waals surface area contributed by atoms with Gasteiger partial charge in [0.25, 0.3) is 5.91 Å². The molecule has 0 saturated carbocycles. The third kappa shape index (κ3) is 4.33. The molecule has 0 aliphatic carbocycles. The zero-order chi connectivity index (χ0) is 23.2. The Kier molecular flexibility index (Phi) is 6.17. The highest BCUT2D eigenvalue weighted by molar-refractivity contribution is 9.10. The molecule has 1 amide bonds. The van der Waals surface area contributed by atoms with E-state index in [0.717, 1.165) is 9.15 Å². The molecule has 0 saturated heterocycles. The van der Waals surface area contributed by atoms with E-state index in [9.17, 15) is 18.0 Å². The van der Waals surface area contributed by atoms with Gasteiger partial charge in [0.15, 0.2) is 11.7 Å². The summed E-state index contributed by atoms with van der Waals surface area (Å²) in [6, 6.07) is 9.28. The van der Waals surface area contributed by atoms with Crippen molar-refractivity contribution >= 4 is 56.5 Å². The van der Waals surface area contributed by atoms with Crippen LogP contribution in [0.15, 0.2) is 46.9 Å². The van der Waals surface area contributed by atoms with E-state index in [2.05, 4.69) is 31.7 Å². The first-order valence-electron chi connectivity index (χ1n) is 9.49. The molecule has 3 aromatic rings. The number of anilines is 2. The van der Waals surface area contributed by atoms with Crippen LogP contribution in [-0.4, -0.2) is 21.9 Å². The van der Waals surface area contributed by atoms with Crippen molar-refractivity contribution in [1.29, 1.82) is 0 Å². The molecule has 0 fully saturated rings. The highest BCUT2D eigenvalue weighted by Crippen LogP contribution is 2.46. The van der Waals surface area contributed by atoms with E-state index >= 15 is 0 Å². The van der Waals surface area contributed by atoms with Crippen LogP contribution in [0.5, 0.6) is 0 Å². The monoisotopic (exact) mass is 546 g/mol. The Morgan fingerprint density at radius 1 is 1.22 bits per heavy atom. The summed E-state index contributed by atoms with van der Waals surface area (Å²) in [4.78, 5) is 12.8.